The van der Waals surface area contributed by atoms with Gasteiger partial charge in [-0.2, -0.15) is 0 Å². The monoisotopic (exact) mass is 402 g/mol. The number of nitrogens with zero attached hydrogens (tertiary/aromatic N) is 2. The molecular formula is C21H30N4O4. The van der Waals surface area contributed by atoms with Crippen LogP contribution in [0.25, 0.3) is 0 Å². The lowest BCUT2D eigenvalue weighted by atomic mass is 9.87. The summed E-state index contributed by atoms with van der Waals surface area (Å²) in [6.07, 6.45) is 4.27. The van der Waals surface area contributed by atoms with Crippen LogP contribution in [0.15, 0.2) is 12.1 Å². The van der Waals surface area contributed by atoms with Crippen LogP contribution in [0.4, 0.5) is 17.1 Å². The molecule has 0 aromatic heterocycles. The van der Waals surface area contributed by atoms with Crippen LogP contribution in [-0.2, 0) is 4.79 Å². The number of rotatable bonds is 5. The largest absolute Gasteiger partial charge is 0.383 e. The van der Waals surface area contributed by atoms with E-state index in [-0.39, 0.29) is 40.2 Å². The normalized spacial score (nSPS) is 23.7. The summed E-state index contributed by atoms with van der Waals surface area (Å²) in [5.41, 5.74) is 0.499. The van der Waals surface area contributed by atoms with Crippen molar-refractivity contribution in [1.82, 2.24) is 5.32 Å². The van der Waals surface area contributed by atoms with Crippen LogP contribution >= 0.6 is 0 Å². The summed E-state index contributed by atoms with van der Waals surface area (Å²) in [5, 5.41) is 17.4. The minimum atomic E-state index is -0.510. The highest BCUT2D eigenvalue weighted by Gasteiger charge is 2.39. The van der Waals surface area contributed by atoms with E-state index >= 15 is 0 Å². The molecule has 0 spiro atoms. The smallest absolute Gasteiger partial charge is 0.293 e. The molecule has 8 nitrogen and oxygen atoms in total. The summed E-state index contributed by atoms with van der Waals surface area (Å²) in [6, 6.07) is 2.90. The zero-order valence-corrected chi connectivity index (χ0v) is 17.6. The van der Waals surface area contributed by atoms with E-state index in [1.54, 1.807) is 18.0 Å². The lowest BCUT2D eigenvalue weighted by Crippen LogP contribution is -2.38. The lowest BCUT2D eigenvalue weighted by molar-refractivity contribution is -0.384. The molecule has 1 aromatic carbocycles. The molecule has 1 heterocycles. The quantitative estimate of drug-likeness (QED) is 0.577. The molecule has 1 saturated carbocycles. The molecule has 8 heteroatoms. The Morgan fingerprint density at radius 1 is 1.24 bits per heavy atom. The average molecular weight is 402 g/mol. The fourth-order valence-corrected chi connectivity index (χ4v) is 4.30. The van der Waals surface area contributed by atoms with E-state index in [0.29, 0.717) is 24.6 Å². The zero-order chi connectivity index (χ0) is 21.3. The fraction of sp³-hybridized carbons (Fsp3) is 0.619. The first kappa shape index (κ1) is 21.1. The fourth-order valence-electron chi connectivity index (χ4n) is 4.30. The topological polar surface area (TPSA) is 105 Å². The van der Waals surface area contributed by atoms with Gasteiger partial charge < -0.3 is 15.5 Å². The Balaban J connectivity index is 1.98. The second kappa shape index (κ2) is 8.00. The standard InChI is InChI=1S/C21H30N4O4/c1-13-5-7-14(8-6-13)23-20(27)15-9-18(25(28)29)16(22-4)10-17(15)24-12-21(2,3)11-19(24)26/h9-10,13-14,22H,5-8,11-12H2,1-4H3,(H,23,27). The number of carbonyl (C=O) groups is 2. The molecule has 0 atom stereocenters. The van der Waals surface area contributed by atoms with Crippen molar-refractivity contribution in [2.45, 2.75) is 58.9 Å². The number of nitro benzene ring substituents is 1. The van der Waals surface area contributed by atoms with Gasteiger partial charge in [0.05, 0.1) is 16.2 Å². The van der Waals surface area contributed by atoms with E-state index in [1.807, 2.05) is 13.8 Å². The molecule has 2 fully saturated rings. The molecule has 2 amide bonds. The van der Waals surface area contributed by atoms with Gasteiger partial charge >= 0.3 is 0 Å². The molecule has 1 aliphatic heterocycles. The molecule has 3 rings (SSSR count). The molecule has 158 valence electrons. The molecule has 29 heavy (non-hydrogen) atoms. The van der Waals surface area contributed by atoms with Crippen molar-refractivity contribution >= 4 is 28.9 Å². The number of nitrogens with one attached hydrogen (secondary N) is 2. The minimum Gasteiger partial charge on any atom is -0.383 e. The van der Waals surface area contributed by atoms with Gasteiger partial charge in [0, 0.05) is 32.1 Å². The number of anilines is 2. The molecule has 2 aliphatic rings. The SMILES string of the molecule is CNc1cc(N2CC(C)(C)CC2=O)c(C(=O)NC2CCC(C)CC2)cc1[N+](=O)[O-]. The Morgan fingerprint density at radius 3 is 2.41 bits per heavy atom. The number of amides is 2. The van der Waals surface area contributed by atoms with E-state index in [0.717, 1.165) is 25.7 Å². The molecule has 0 unspecified atom stereocenters. The average Bonchev–Trinajstić information content (AvgIpc) is 2.94. The van der Waals surface area contributed by atoms with Gasteiger partial charge in [-0.25, -0.2) is 0 Å². The summed E-state index contributed by atoms with van der Waals surface area (Å²) >= 11 is 0. The van der Waals surface area contributed by atoms with Crippen LogP contribution in [0.1, 0.15) is 63.2 Å². The Kier molecular flexibility index (Phi) is 5.82. The number of hydrogen-bond acceptors (Lipinski definition) is 5. The third-order valence-electron chi connectivity index (χ3n) is 5.98. The van der Waals surface area contributed by atoms with Gasteiger partial charge in [-0.05, 0) is 43.1 Å². The van der Waals surface area contributed by atoms with E-state index in [1.165, 1.54) is 6.07 Å². The predicted molar refractivity (Wildman–Crippen MR) is 112 cm³/mol. The lowest BCUT2D eigenvalue weighted by Gasteiger charge is -2.28. The zero-order valence-electron chi connectivity index (χ0n) is 17.6. The first-order valence-electron chi connectivity index (χ1n) is 10.2. The van der Waals surface area contributed by atoms with Crippen molar-refractivity contribution in [3.8, 4) is 0 Å². The summed E-state index contributed by atoms with van der Waals surface area (Å²) in [4.78, 5) is 38.4. The van der Waals surface area contributed by atoms with Crippen LogP contribution in [-0.4, -0.2) is 36.4 Å². The first-order chi connectivity index (χ1) is 13.6. The van der Waals surface area contributed by atoms with Gasteiger partial charge in [0.2, 0.25) is 5.91 Å². The van der Waals surface area contributed by atoms with E-state index < -0.39 is 4.92 Å². The molecule has 2 N–H and O–H groups in total. The summed E-state index contributed by atoms with van der Waals surface area (Å²) in [7, 11) is 1.59. The summed E-state index contributed by atoms with van der Waals surface area (Å²) in [6.45, 7) is 6.67. The molecule has 0 bridgehead atoms. The van der Waals surface area contributed by atoms with Crippen LogP contribution < -0.4 is 15.5 Å². The Bertz CT molecular complexity index is 828. The maximum Gasteiger partial charge on any atom is 0.293 e. The van der Waals surface area contributed by atoms with Crippen LogP contribution in [0.3, 0.4) is 0 Å². The highest BCUT2D eigenvalue weighted by molar-refractivity contribution is 6.07. The van der Waals surface area contributed by atoms with Gasteiger partial charge in [-0.3, -0.25) is 19.7 Å². The summed E-state index contributed by atoms with van der Waals surface area (Å²) in [5.74, 6) is 0.216. The van der Waals surface area contributed by atoms with Crippen molar-refractivity contribution in [2.75, 3.05) is 23.8 Å². The van der Waals surface area contributed by atoms with Gasteiger partial charge in [-0.1, -0.05) is 20.8 Å². The first-order valence-corrected chi connectivity index (χ1v) is 10.2. The van der Waals surface area contributed by atoms with Gasteiger partial charge in [0.1, 0.15) is 5.69 Å². The van der Waals surface area contributed by atoms with Gasteiger partial charge in [-0.15, -0.1) is 0 Å². The van der Waals surface area contributed by atoms with Crippen LogP contribution in [0.5, 0.6) is 0 Å². The highest BCUT2D eigenvalue weighted by Crippen LogP contribution is 2.39. The second-order valence-electron chi connectivity index (χ2n) is 9.14. The summed E-state index contributed by atoms with van der Waals surface area (Å²) < 4.78 is 0. The van der Waals surface area contributed by atoms with Crippen molar-refractivity contribution in [1.29, 1.82) is 0 Å². The maximum atomic E-state index is 13.1. The van der Waals surface area contributed by atoms with Crippen molar-refractivity contribution in [3.05, 3.63) is 27.8 Å². The van der Waals surface area contributed by atoms with Crippen LogP contribution in [0, 0.1) is 21.4 Å². The Hall–Kier alpha value is -2.64. The highest BCUT2D eigenvalue weighted by atomic mass is 16.6. The van der Waals surface area contributed by atoms with Crippen molar-refractivity contribution in [3.63, 3.8) is 0 Å². The molecule has 1 saturated heterocycles. The Labute approximate surface area is 171 Å². The minimum absolute atomic E-state index is 0.0558. The van der Waals surface area contributed by atoms with Gasteiger partial charge in [0.25, 0.3) is 11.6 Å². The second-order valence-corrected chi connectivity index (χ2v) is 9.14. The number of benzene rings is 1. The van der Waals surface area contributed by atoms with Gasteiger partial charge in [0.15, 0.2) is 0 Å². The number of carbonyl (C=O) groups excluding carboxylic acids is 2. The molecular weight excluding hydrogens is 372 g/mol. The van der Waals surface area contributed by atoms with E-state index in [2.05, 4.69) is 17.6 Å². The number of hydrogen-bond donors (Lipinski definition) is 2. The maximum absolute atomic E-state index is 13.1. The molecule has 1 aliphatic carbocycles. The third kappa shape index (κ3) is 4.52. The Morgan fingerprint density at radius 2 is 1.90 bits per heavy atom. The molecule has 1 aromatic rings. The predicted octanol–water partition coefficient (Wildman–Crippen LogP) is 3.71. The van der Waals surface area contributed by atoms with E-state index in [4.69, 9.17) is 0 Å². The number of nitro groups is 1. The molecule has 0 radical (unpaired) electrons. The third-order valence-corrected chi connectivity index (χ3v) is 5.98. The van der Waals surface area contributed by atoms with Crippen LogP contribution in [0.2, 0.25) is 0 Å². The van der Waals surface area contributed by atoms with E-state index in [9.17, 15) is 19.7 Å². The van der Waals surface area contributed by atoms with Crippen molar-refractivity contribution in [2.24, 2.45) is 11.3 Å². The van der Waals surface area contributed by atoms with Crippen molar-refractivity contribution < 1.29 is 14.5 Å².